The Labute approximate surface area is 179 Å². The lowest BCUT2D eigenvalue weighted by Gasteiger charge is -2.15. The zero-order valence-corrected chi connectivity index (χ0v) is 18.1. The van der Waals surface area contributed by atoms with Gasteiger partial charge in [-0.1, -0.05) is 62.4 Å². The van der Waals surface area contributed by atoms with Crippen molar-refractivity contribution in [1.29, 1.82) is 0 Å². The fraction of sp³-hybridized carbons (Fsp3) is 0.440. The van der Waals surface area contributed by atoms with Crippen LogP contribution in [-0.4, -0.2) is 36.3 Å². The molecule has 5 nitrogen and oxygen atoms in total. The second-order valence-corrected chi connectivity index (χ2v) is 8.14. The lowest BCUT2D eigenvalue weighted by atomic mass is 9.98. The Balaban J connectivity index is 1.57. The summed E-state index contributed by atoms with van der Waals surface area (Å²) >= 11 is 0. The van der Waals surface area contributed by atoms with E-state index in [0.717, 1.165) is 29.7 Å². The number of hydrogen-bond acceptors (Lipinski definition) is 3. The van der Waals surface area contributed by atoms with Crippen molar-refractivity contribution >= 4 is 11.8 Å². The lowest BCUT2D eigenvalue weighted by molar-refractivity contribution is -0.128. The van der Waals surface area contributed by atoms with Gasteiger partial charge in [-0.25, -0.2) is 0 Å². The average molecular weight is 408 g/mol. The molecule has 0 bridgehead atoms. The van der Waals surface area contributed by atoms with Crippen molar-refractivity contribution in [1.82, 2.24) is 15.5 Å². The van der Waals surface area contributed by atoms with Crippen LogP contribution in [0.15, 0.2) is 48.5 Å². The lowest BCUT2D eigenvalue weighted by Crippen LogP contribution is -2.38. The van der Waals surface area contributed by atoms with Gasteiger partial charge in [-0.2, -0.15) is 0 Å². The second kappa shape index (κ2) is 10.9. The van der Waals surface area contributed by atoms with Gasteiger partial charge in [0.05, 0.1) is 6.54 Å². The fourth-order valence-corrected chi connectivity index (χ4v) is 3.73. The Morgan fingerprint density at radius 1 is 1.00 bits per heavy atom. The maximum atomic E-state index is 12.2. The second-order valence-electron chi connectivity index (χ2n) is 8.14. The van der Waals surface area contributed by atoms with Crippen LogP contribution in [-0.2, 0) is 22.7 Å². The Morgan fingerprint density at radius 3 is 2.40 bits per heavy atom. The summed E-state index contributed by atoms with van der Waals surface area (Å²) in [5, 5.41) is 5.62. The fourth-order valence-electron chi connectivity index (χ4n) is 3.73. The molecule has 0 aromatic heterocycles. The molecule has 160 valence electrons. The summed E-state index contributed by atoms with van der Waals surface area (Å²) in [6.45, 7) is 7.67. The molecule has 1 unspecified atom stereocenters. The van der Waals surface area contributed by atoms with Crippen LogP contribution >= 0.6 is 0 Å². The maximum Gasteiger partial charge on any atom is 0.239 e. The minimum absolute atomic E-state index is 0.0105. The highest BCUT2D eigenvalue weighted by atomic mass is 16.2. The van der Waals surface area contributed by atoms with Gasteiger partial charge in [-0.3, -0.25) is 14.5 Å². The number of carbonyl (C=O) groups is 2. The maximum absolute atomic E-state index is 12.2. The summed E-state index contributed by atoms with van der Waals surface area (Å²) in [4.78, 5) is 26.5. The first-order valence-corrected chi connectivity index (χ1v) is 11.0. The smallest absolute Gasteiger partial charge is 0.239 e. The van der Waals surface area contributed by atoms with Crippen molar-refractivity contribution in [3.05, 3.63) is 59.7 Å². The van der Waals surface area contributed by atoms with Gasteiger partial charge >= 0.3 is 0 Å². The first kappa shape index (κ1) is 22.0. The number of nitrogens with zero attached hydrogens (tertiary/aromatic N) is 1. The molecule has 0 aliphatic carbocycles. The molecule has 3 rings (SSSR count). The molecule has 1 fully saturated rings. The standard InChI is InChI=1S/C25H33N3O2/c1-3-19(2)25(30)27-17-24(29)26-16-22-8-4-5-9-23(22)21-12-10-20(11-13-21)18-28-14-6-7-15-28/h4-5,8-13,19H,3,6-7,14-18H2,1-2H3,(H,26,29)(H,27,30). The van der Waals surface area contributed by atoms with E-state index < -0.39 is 0 Å². The molecule has 2 aromatic rings. The molecule has 1 atom stereocenters. The van der Waals surface area contributed by atoms with E-state index in [1.807, 2.05) is 32.0 Å². The molecule has 0 spiro atoms. The molecule has 1 heterocycles. The van der Waals surface area contributed by atoms with E-state index >= 15 is 0 Å². The van der Waals surface area contributed by atoms with Crippen molar-refractivity contribution < 1.29 is 9.59 Å². The van der Waals surface area contributed by atoms with Crippen molar-refractivity contribution in [2.75, 3.05) is 19.6 Å². The predicted octanol–water partition coefficient (Wildman–Crippen LogP) is 3.73. The normalized spacial score (nSPS) is 15.0. The van der Waals surface area contributed by atoms with E-state index in [-0.39, 0.29) is 24.3 Å². The van der Waals surface area contributed by atoms with E-state index in [1.54, 1.807) is 0 Å². The largest absolute Gasteiger partial charge is 0.350 e. The molecule has 5 heteroatoms. The third kappa shape index (κ3) is 6.17. The predicted molar refractivity (Wildman–Crippen MR) is 121 cm³/mol. The first-order chi connectivity index (χ1) is 14.6. The van der Waals surface area contributed by atoms with Crippen molar-refractivity contribution in [2.24, 2.45) is 5.92 Å². The van der Waals surface area contributed by atoms with Gasteiger partial charge < -0.3 is 10.6 Å². The molecule has 2 amide bonds. The van der Waals surface area contributed by atoms with Crippen LogP contribution in [0.25, 0.3) is 11.1 Å². The summed E-state index contributed by atoms with van der Waals surface area (Å²) in [6, 6.07) is 16.9. The summed E-state index contributed by atoms with van der Waals surface area (Å²) in [5.41, 5.74) is 4.67. The van der Waals surface area contributed by atoms with Crippen molar-refractivity contribution in [3.63, 3.8) is 0 Å². The van der Waals surface area contributed by atoms with E-state index in [4.69, 9.17) is 0 Å². The number of nitrogens with one attached hydrogen (secondary N) is 2. The topological polar surface area (TPSA) is 61.4 Å². The molecule has 0 radical (unpaired) electrons. The highest BCUT2D eigenvalue weighted by Crippen LogP contribution is 2.25. The van der Waals surface area contributed by atoms with Gasteiger partial charge in [-0.15, -0.1) is 0 Å². The summed E-state index contributed by atoms with van der Waals surface area (Å²) in [6.07, 6.45) is 3.37. The number of rotatable bonds is 9. The molecule has 30 heavy (non-hydrogen) atoms. The minimum atomic E-state index is -0.178. The molecule has 2 N–H and O–H groups in total. The molecule has 2 aromatic carbocycles. The molecule has 1 aliphatic heterocycles. The average Bonchev–Trinajstić information content (AvgIpc) is 3.29. The quantitative estimate of drug-likeness (QED) is 0.666. The third-order valence-electron chi connectivity index (χ3n) is 5.85. The highest BCUT2D eigenvalue weighted by molar-refractivity contribution is 5.85. The first-order valence-electron chi connectivity index (χ1n) is 11.0. The number of benzene rings is 2. The zero-order valence-electron chi connectivity index (χ0n) is 18.1. The minimum Gasteiger partial charge on any atom is -0.350 e. The summed E-state index contributed by atoms with van der Waals surface area (Å²) in [7, 11) is 0. The molecular weight excluding hydrogens is 374 g/mol. The SMILES string of the molecule is CCC(C)C(=O)NCC(=O)NCc1ccccc1-c1ccc(CN2CCCC2)cc1. The summed E-state index contributed by atoms with van der Waals surface area (Å²) < 4.78 is 0. The Hall–Kier alpha value is -2.66. The van der Waals surface area contributed by atoms with Crippen LogP contribution in [0.1, 0.15) is 44.2 Å². The Morgan fingerprint density at radius 2 is 1.70 bits per heavy atom. The Bertz CT molecular complexity index is 842. The van der Waals surface area contributed by atoms with Gasteiger partial charge in [-0.05, 0) is 54.6 Å². The number of amides is 2. The number of hydrogen-bond donors (Lipinski definition) is 2. The van der Waals surface area contributed by atoms with E-state index in [9.17, 15) is 9.59 Å². The molecule has 1 aliphatic rings. The van der Waals surface area contributed by atoms with Crippen LogP contribution in [0, 0.1) is 5.92 Å². The third-order valence-corrected chi connectivity index (χ3v) is 5.85. The summed E-state index contributed by atoms with van der Waals surface area (Å²) in [5.74, 6) is -0.337. The van der Waals surface area contributed by atoms with E-state index in [0.29, 0.717) is 6.54 Å². The van der Waals surface area contributed by atoms with Gasteiger partial charge in [0.25, 0.3) is 0 Å². The van der Waals surface area contributed by atoms with Crippen LogP contribution in [0.5, 0.6) is 0 Å². The molecular formula is C25H33N3O2. The van der Waals surface area contributed by atoms with Gasteiger partial charge in [0.15, 0.2) is 0 Å². The van der Waals surface area contributed by atoms with Crippen molar-refractivity contribution in [2.45, 2.75) is 46.2 Å². The van der Waals surface area contributed by atoms with Gasteiger partial charge in [0, 0.05) is 19.0 Å². The van der Waals surface area contributed by atoms with E-state index in [1.165, 1.54) is 31.5 Å². The van der Waals surface area contributed by atoms with Crippen LogP contribution < -0.4 is 10.6 Å². The van der Waals surface area contributed by atoms with Gasteiger partial charge in [0.1, 0.15) is 0 Å². The van der Waals surface area contributed by atoms with Gasteiger partial charge in [0.2, 0.25) is 11.8 Å². The van der Waals surface area contributed by atoms with Crippen LogP contribution in [0.2, 0.25) is 0 Å². The Kier molecular flexibility index (Phi) is 8.03. The van der Waals surface area contributed by atoms with Crippen LogP contribution in [0.3, 0.4) is 0 Å². The van der Waals surface area contributed by atoms with E-state index in [2.05, 4.69) is 45.9 Å². The number of carbonyl (C=O) groups excluding carboxylic acids is 2. The highest BCUT2D eigenvalue weighted by Gasteiger charge is 2.13. The van der Waals surface area contributed by atoms with Crippen LogP contribution in [0.4, 0.5) is 0 Å². The molecule has 1 saturated heterocycles. The van der Waals surface area contributed by atoms with Crippen molar-refractivity contribution in [3.8, 4) is 11.1 Å². The number of likely N-dealkylation sites (tertiary alicyclic amines) is 1. The molecule has 0 saturated carbocycles. The zero-order chi connectivity index (χ0) is 21.3. The monoisotopic (exact) mass is 407 g/mol.